The third-order valence-electron chi connectivity index (χ3n) is 2.09. The van der Waals surface area contributed by atoms with Crippen LogP contribution in [0.2, 0.25) is 0 Å². The molecule has 0 aromatic rings. The van der Waals surface area contributed by atoms with Gasteiger partial charge < -0.3 is 10.1 Å². The molecule has 0 saturated heterocycles. The van der Waals surface area contributed by atoms with Crippen LogP contribution in [-0.4, -0.2) is 26.3 Å². The van der Waals surface area contributed by atoms with Crippen molar-refractivity contribution >= 4 is 0 Å². The number of rotatable bonds is 7. The third kappa shape index (κ3) is 5.56. The SMILES string of the molecule is CCCNC(CCOC)C(C)C. The lowest BCUT2D eigenvalue weighted by Gasteiger charge is -2.21. The highest BCUT2D eigenvalue weighted by molar-refractivity contribution is 4.69. The van der Waals surface area contributed by atoms with E-state index >= 15 is 0 Å². The molecule has 0 amide bonds. The molecule has 0 aliphatic rings. The molecule has 0 radical (unpaired) electrons. The van der Waals surface area contributed by atoms with Gasteiger partial charge in [-0.1, -0.05) is 20.8 Å². The summed E-state index contributed by atoms with van der Waals surface area (Å²) in [5.41, 5.74) is 0. The predicted octanol–water partition coefficient (Wildman–Crippen LogP) is 2.05. The van der Waals surface area contributed by atoms with Gasteiger partial charge in [0.05, 0.1) is 0 Å². The van der Waals surface area contributed by atoms with Gasteiger partial charge in [-0.25, -0.2) is 0 Å². The highest BCUT2D eigenvalue weighted by Crippen LogP contribution is 2.05. The van der Waals surface area contributed by atoms with Crippen molar-refractivity contribution in [2.75, 3.05) is 20.3 Å². The summed E-state index contributed by atoms with van der Waals surface area (Å²) in [6.07, 6.45) is 2.32. The van der Waals surface area contributed by atoms with Crippen molar-refractivity contribution in [1.29, 1.82) is 0 Å². The second-order valence-electron chi connectivity index (χ2n) is 3.59. The number of nitrogens with one attached hydrogen (secondary N) is 1. The van der Waals surface area contributed by atoms with E-state index in [1.54, 1.807) is 7.11 Å². The Labute approximate surface area is 76.7 Å². The summed E-state index contributed by atoms with van der Waals surface area (Å²) in [5, 5.41) is 3.52. The van der Waals surface area contributed by atoms with Crippen molar-refractivity contribution in [3.8, 4) is 0 Å². The summed E-state index contributed by atoms with van der Waals surface area (Å²) >= 11 is 0. The molecule has 0 aliphatic carbocycles. The number of ether oxygens (including phenoxy) is 1. The maximum Gasteiger partial charge on any atom is 0.0477 e. The van der Waals surface area contributed by atoms with Crippen LogP contribution in [0.15, 0.2) is 0 Å². The van der Waals surface area contributed by atoms with E-state index in [2.05, 4.69) is 26.1 Å². The molecule has 0 bridgehead atoms. The number of hydrogen-bond donors (Lipinski definition) is 1. The van der Waals surface area contributed by atoms with Crippen LogP contribution >= 0.6 is 0 Å². The van der Waals surface area contributed by atoms with Gasteiger partial charge in [0.1, 0.15) is 0 Å². The molecule has 0 fully saturated rings. The normalized spacial score (nSPS) is 13.8. The van der Waals surface area contributed by atoms with Gasteiger partial charge in [-0.05, 0) is 25.3 Å². The first-order chi connectivity index (χ1) is 5.72. The summed E-state index contributed by atoms with van der Waals surface area (Å²) in [6, 6.07) is 0.616. The van der Waals surface area contributed by atoms with Crippen molar-refractivity contribution < 1.29 is 4.74 Å². The quantitative estimate of drug-likeness (QED) is 0.636. The fourth-order valence-corrected chi connectivity index (χ4v) is 1.25. The minimum atomic E-state index is 0.616. The average Bonchev–Trinajstić information content (AvgIpc) is 2.04. The summed E-state index contributed by atoms with van der Waals surface area (Å²) < 4.78 is 5.06. The Kier molecular flexibility index (Phi) is 7.51. The highest BCUT2D eigenvalue weighted by atomic mass is 16.5. The molecule has 0 heterocycles. The molecule has 1 unspecified atom stereocenters. The van der Waals surface area contributed by atoms with E-state index in [9.17, 15) is 0 Å². The van der Waals surface area contributed by atoms with Crippen LogP contribution in [0.5, 0.6) is 0 Å². The molecule has 2 heteroatoms. The van der Waals surface area contributed by atoms with E-state index in [-0.39, 0.29) is 0 Å². The van der Waals surface area contributed by atoms with E-state index in [0.717, 1.165) is 19.6 Å². The highest BCUT2D eigenvalue weighted by Gasteiger charge is 2.10. The second-order valence-corrected chi connectivity index (χ2v) is 3.59. The van der Waals surface area contributed by atoms with Gasteiger partial charge in [-0.3, -0.25) is 0 Å². The van der Waals surface area contributed by atoms with Crippen LogP contribution in [-0.2, 0) is 4.74 Å². The maximum absolute atomic E-state index is 5.06. The molecular weight excluding hydrogens is 150 g/mol. The monoisotopic (exact) mass is 173 g/mol. The van der Waals surface area contributed by atoms with E-state index in [4.69, 9.17) is 4.74 Å². The number of methoxy groups -OCH3 is 1. The first kappa shape index (κ1) is 11.9. The Balaban J connectivity index is 3.55. The van der Waals surface area contributed by atoms with Gasteiger partial charge in [0, 0.05) is 19.8 Å². The molecule has 0 aromatic heterocycles. The Morgan fingerprint density at radius 1 is 1.33 bits per heavy atom. The minimum Gasteiger partial charge on any atom is -0.385 e. The van der Waals surface area contributed by atoms with Crippen LogP contribution in [0.4, 0.5) is 0 Å². The van der Waals surface area contributed by atoms with Gasteiger partial charge in [0.15, 0.2) is 0 Å². The topological polar surface area (TPSA) is 21.3 Å². The first-order valence-electron chi connectivity index (χ1n) is 4.94. The Morgan fingerprint density at radius 3 is 2.42 bits per heavy atom. The van der Waals surface area contributed by atoms with Crippen LogP contribution in [0.25, 0.3) is 0 Å². The van der Waals surface area contributed by atoms with Crippen LogP contribution in [0.1, 0.15) is 33.6 Å². The standard InChI is InChI=1S/C10H23NO/c1-5-7-11-10(9(2)3)6-8-12-4/h9-11H,5-8H2,1-4H3. The van der Waals surface area contributed by atoms with Crippen LogP contribution in [0.3, 0.4) is 0 Å². The van der Waals surface area contributed by atoms with Crippen molar-refractivity contribution in [3.05, 3.63) is 0 Å². The fraction of sp³-hybridized carbons (Fsp3) is 1.00. The van der Waals surface area contributed by atoms with Crippen LogP contribution in [0, 0.1) is 5.92 Å². The average molecular weight is 173 g/mol. The molecule has 2 nitrogen and oxygen atoms in total. The maximum atomic E-state index is 5.06. The molecule has 0 aromatic carbocycles. The number of hydrogen-bond acceptors (Lipinski definition) is 2. The Bertz CT molecular complexity index is 85.8. The van der Waals surface area contributed by atoms with Crippen molar-refractivity contribution in [2.24, 2.45) is 5.92 Å². The lowest BCUT2D eigenvalue weighted by Crippen LogP contribution is -2.35. The Hall–Kier alpha value is -0.0800. The molecule has 1 atom stereocenters. The van der Waals surface area contributed by atoms with Gasteiger partial charge in [0.25, 0.3) is 0 Å². The third-order valence-corrected chi connectivity index (χ3v) is 2.09. The predicted molar refractivity (Wildman–Crippen MR) is 53.4 cm³/mol. The van der Waals surface area contributed by atoms with E-state index in [1.807, 2.05) is 0 Å². The van der Waals surface area contributed by atoms with E-state index in [0.29, 0.717) is 12.0 Å². The molecule has 0 spiro atoms. The fourth-order valence-electron chi connectivity index (χ4n) is 1.25. The molecule has 0 rings (SSSR count). The molecule has 74 valence electrons. The zero-order chi connectivity index (χ0) is 9.40. The lowest BCUT2D eigenvalue weighted by molar-refractivity contribution is 0.174. The Morgan fingerprint density at radius 2 is 2.00 bits per heavy atom. The smallest absolute Gasteiger partial charge is 0.0477 e. The molecular formula is C10H23NO. The molecule has 0 aliphatic heterocycles. The largest absolute Gasteiger partial charge is 0.385 e. The van der Waals surface area contributed by atoms with Gasteiger partial charge in [0.2, 0.25) is 0 Å². The van der Waals surface area contributed by atoms with Crippen LogP contribution < -0.4 is 5.32 Å². The summed E-state index contributed by atoms with van der Waals surface area (Å²) in [4.78, 5) is 0. The summed E-state index contributed by atoms with van der Waals surface area (Å²) in [6.45, 7) is 8.68. The molecule has 12 heavy (non-hydrogen) atoms. The molecule has 0 saturated carbocycles. The molecule has 1 N–H and O–H groups in total. The van der Waals surface area contributed by atoms with E-state index < -0.39 is 0 Å². The first-order valence-corrected chi connectivity index (χ1v) is 4.94. The zero-order valence-electron chi connectivity index (χ0n) is 8.89. The van der Waals surface area contributed by atoms with Crippen molar-refractivity contribution in [1.82, 2.24) is 5.32 Å². The lowest BCUT2D eigenvalue weighted by atomic mass is 10.0. The van der Waals surface area contributed by atoms with Crippen molar-refractivity contribution in [3.63, 3.8) is 0 Å². The van der Waals surface area contributed by atoms with Gasteiger partial charge in [-0.2, -0.15) is 0 Å². The van der Waals surface area contributed by atoms with E-state index in [1.165, 1.54) is 6.42 Å². The van der Waals surface area contributed by atoms with Gasteiger partial charge in [-0.15, -0.1) is 0 Å². The van der Waals surface area contributed by atoms with Crippen molar-refractivity contribution in [2.45, 2.75) is 39.7 Å². The summed E-state index contributed by atoms with van der Waals surface area (Å²) in [5.74, 6) is 0.701. The zero-order valence-corrected chi connectivity index (χ0v) is 8.89. The summed E-state index contributed by atoms with van der Waals surface area (Å²) in [7, 11) is 1.76. The minimum absolute atomic E-state index is 0.616. The van der Waals surface area contributed by atoms with Gasteiger partial charge >= 0.3 is 0 Å². The second kappa shape index (κ2) is 7.56.